The highest BCUT2D eigenvalue weighted by Crippen LogP contribution is 2.12. The van der Waals surface area contributed by atoms with Crippen LogP contribution in [0.2, 0.25) is 0 Å². The van der Waals surface area contributed by atoms with Crippen molar-refractivity contribution >= 4 is 5.91 Å². The second-order valence-corrected chi connectivity index (χ2v) is 2.53. The Balaban J connectivity index is 3.77. The normalized spacial score (nSPS) is 10.2. The Morgan fingerprint density at radius 3 is 2.46 bits per heavy atom. The first kappa shape index (κ1) is 12.0. The lowest BCUT2D eigenvalue weighted by Crippen LogP contribution is -2.25. The van der Waals surface area contributed by atoms with Gasteiger partial charge in [0.1, 0.15) is 0 Å². The maximum Gasteiger partial charge on any atom is 0.259 e. The molecule has 76 valence electrons. The zero-order chi connectivity index (χ0) is 10.4. The molecule has 0 rings (SSSR count). The second-order valence-electron chi connectivity index (χ2n) is 2.53. The van der Waals surface area contributed by atoms with E-state index in [0.29, 0.717) is 0 Å². The Hall–Kier alpha value is -0.970. The minimum atomic E-state index is -2.55. The first-order chi connectivity index (χ1) is 5.99. The van der Waals surface area contributed by atoms with Gasteiger partial charge < -0.3 is 0 Å². The highest BCUT2D eigenvalue weighted by molar-refractivity contribution is 5.74. The van der Waals surface area contributed by atoms with E-state index in [4.69, 9.17) is 0 Å². The highest BCUT2D eigenvalue weighted by atomic mass is 19.3. The number of nitrogens with zero attached hydrogens (tertiary/aromatic N) is 1. The molecule has 0 aliphatic carbocycles. The van der Waals surface area contributed by atoms with Crippen LogP contribution in [0.25, 0.3) is 0 Å². The Kier molecular flexibility index (Phi) is 5.22. The minimum Gasteiger partial charge on any atom is -0.275 e. The van der Waals surface area contributed by atoms with Gasteiger partial charge in [-0.25, -0.2) is 13.8 Å². The van der Waals surface area contributed by atoms with Gasteiger partial charge in [0.15, 0.2) is 0 Å². The molecule has 0 fully saturated rings. The molecular formula is C8H13F2NO2. The predicted molar refractivity (Wildman–Crippen MR) is 44.2 cm³/mol. The van der Waals surface area contributed by atoms with Gasteiger partial charge in [0.05, 0.1) is 7.11 Å². The number of halogens is 2. The van der Waals surface area contributed by atoms with Gasteiger partial charge in [0.25, 0.3) is 6.43 Å². The summed E-state index contributed by atoms with van der Waals surface area (Å²) in [7, 11) is 2.76. The van der Waals surface area contributed by atoms with E-state index in [2.05, 4.69) is 11.4 Å². The molecule has 0 aliphatic heterocycles. The molecular weight excluding hydrogens is 180 g/mol. The van der Waals surface area contributed by atoms with E-state index in [1.165, 1.54) is 14.2 Å². The fourth-order valence-corrected chi connectivity index (χ4v) is 0.636. The summed E-state index contributed by atoms with van der Waals surface area (Å²) in [4.78, 5) is 15.6. The van der Waals surface area contributed by atoms with Crippen molar-refractivity contribution in [2.24, 2.45) is 0 Å². The average Bonchev–Trinajstić information content (AvgIpc) is 2.11. The van der Waals surface area contributed by atoms with Crippen LogP contribution in [-0.2, 0) is 9.63 Å². The predicted octanol–water partition coefficient (Wildman–Crippen LogP) is 1.61. The van der Waals surface area contributed by atoms with Crippen LogP contribution in [0.3, 0.4) is 0 Å². The van der Waals surface area contributed by atoms with Crippen LogP contribution in [0.1, 0.15) is 12.8 Å². The highest BCUT2D eigenvalue weighted by Gasteiger charge is 2.12. The average molecular weight is 193 g/mol. The molecule has 0 unspecified atom stereocenters. The summed E-state index contributed by atoms with van der Waals surface area (Å²) in [6.07, 6.45) is -2.57. The fraction of sp³-hybridized carbons (Fsp3) is 0.625. The van der Waals surface area contributed by atoms with Gasteiger partial charge in [0.2, 0.25) is 5.91 Å². The van der Waals surface area contributed by atoms with Gasteiger partial charge in [0, 0.05) is 13.5 Å². The van der Waals surface area contributed by atoms with E-state index in [1.54, 1.807) is 0 Å². The summed E-state index contributed by atoms with van der Waals surface area (Å²) >= 11 is 0. The van der Waals surface area contributed by atoms with E-state index in [0.717, 1.165) is 5.06 Å². The van der Waals surface area contributed by atoms with E-state index in [-0.39, 0.29) is 24.3 Å². The topological polar surface area (TPSA) is 29.5 Å². The fourth-order valence-electron chi connectivity index (χ4n) is 0.636. The number of carbonyl (C=O) groups excluding carboxylic acids is 1. The van der Waals surface area contributed by atoms with Gasteiger partial charge in [-0.2, -0.15) is 0 Å². The summed E-state index contributed by atoms with van der Waals surface area (Å²) in [6, 6.07) is 0. The van der Waals surface area contributed by atoms with Crippen LogP contribution in [-0.4, -0.2) is 31.6 Å². The SMILES string of the molecule is C=C(CCC(=O)N(C)OC)C(F)F. The number of allylic oxidation sites excluding steroid dienone is 1. The van der Waals surface area contributed by atoms with Gasteiger partial charge >= 0.3 is 0 Å². The molecule has 0 saturated heterocycles. The molecule has 0 aromatic rings. The van der Waals surface area contributed by atoms with Crippen molar-refractivity contribution in [2.75, 3.05) is 14.2 Å². The van der Waals surface area contributed by atoms with Gasteiger partial charge in [-0.1, -0.05) is 6.58 Å². The smallest absolute Gasteiger partial charge is 0.259 e. The summed E-state index contributed by atoms with van der Waals surface area (Å²) in [5, 5.41) is 0.999. The number of hydrogen-bond acceptors (Lipinski definition) is 2. The molecule has 0 aromatic heterocycles. The van der Waals surface area contributed by atoms with Crippen molar-refractivity contribution in [1.82, 2.24) is 5.06 Å². The Morgan fingerprint density at radius 2 is 2.08 bits per heavy atom. The van der Waals surface area contributed by atoms with Crippen LogP contribution in [0.5, 0.6) is 0 Å². The van der Waals surface area contributed by atoms with Crippen LogP contribution < -0.4 is 0 Å². The lowest BCUT2D eigenvalue weighted by Gasteiger charge is -2.13. The first-order valence-corrected chi connectivity index (χ1v) is 3.75. The molecule has 0 bridgehead atoms. The van der Waals surface area contributed by atoms with Gasteiger partial charge in [-0.05, 0) is 12.0 Å². The number of alkyl halides is 2. The molecule has 3 nitrogen and oxygen atoms in total. The second kappa shape index (κ2) is 5.64. The first-order valence-electron chi connectivity index (χ1n) is 3.75. The Labute approximate surface area is 75.9 Å². The molecule has 0 radical (unpaired) electrons. The number of carbonyl (C=O) groups is 1. The van der Waals surface area contributed by atoms with Crippen molar-refractivity contribution in [3.8, 4) is 0 Å². The minimum absolute atomic E-state index is 0.00644. The quantitative estimate of drug-likeness (QED) is 0.490. The summed E-state index contributed by atoms with van der Waals surface area (Å²) in [5.41, 5.74) is -0.224. The van der Waals surface area contributed by atoms with E-state index >= 15 is 0 Å². The van der Waals surface area contributed by atoms with Crippen LogP contribution in [0.15, 0.2) is 12.2 Å². The third-order valence-electron chi connectivity index (χ3n) is 1.59. The molecule has 0 saturated carbocycles. The van der Waals surface area contributed by atoms with Gasteiger partial charge in [-0.15, -0.1) is 0 Å². The van der Waals surface area contributed by atoms with Crippen molar-refractivity contribution in [3.05, 3.63) is 12.2 Å². The molecule has 1 amide bonds. The zero-order valence-corrected chi connectivity index (χ0v) is 7.72. The summed E-state index contributed by atoms with van der Waals surface area (Å²) in [5.74, 6) is -0.343. The largest absolute Gasteiger partial charge is 0.275 e. The van der Waals surface area contributed by atoms with Crippen LogP contribution >= 0.6 is 0 Å². The third kappa shape index (κ3) is 4.57. The standard InChI is InChI=1S/C8H13F2NO2/c1-6(8(9)10)4-5-7(12)11(2)13-3/h8H,1,4-5H2,2-3H3. The number of hydrogen-bond donors (Lipinski definition) is 0. The maximum atomic E-state index is 11.9. The molecule has 0 N–H and O–H groups in total. The van der Waals surface area contributed by atoms with E-state index < -0.39 is 6.43 Å². The van der Waals surface area contributed by atoms with Gasteiger partial charge in [-0.3, -0.25) is 9.63 Å². The summed E-state index contributed by atoms with van der Waals surface area (Å²) < 4.78 is 23.8. The number of amides is 1. The molecule has 5 heteroatoms. The lowest BCUT2D eigenvalue weighted by atomic mass is 10.1. The molecule has 0 atom stereocenters. The number of hydroxylamine groups is 2. The van der Waals surface area contributed by atoms with E-state index in [1.807, 2.05) is 0 Å². The molecule has 0 spiro atoms. The lowest BCUT2D eigenvalue weighted by molar-refractivity contribution is -0.168. The monoisotopic (exact) mass is 193 g/mol. The molecule has 0 heterocycles. The Morgan fingerprint density at radius 1 is 1.54 bits per heavy atom. The maximum absolute atomic E-state index is 11.9. The Bertz CT molecular complexity index is 195. The van der Waals surface area contributed by atoms with Crippen molar-refractivity contribution in [2.45, 2.75) is 19.3 Å². The van der Waals surface area contributed by atoms with Crippen molar-refractivity contribution in [3.63, 3.8) is 0 Å². The van der Waals surface area contributed by atoms with Crippen LogP contribution in [0.4, 0.5) is 8.78 Å². The third-order valence-corrected chi connectivity index (χ3v) is 1.59. The van der Waals surface area contributed by atoms with Crippen molar-refractivity contribution < 1.29 is 18.4 Å². The zero-order valence-electron chi connectivity index (χ0n) is 7.72. The van der Waals surface area contributed by atoms with Crippen molar-refractivity contribution in [1.29, 1.82) is 0 Å². The number of rotatable bonds is 5. The summed E-state index contributed by atoms with van der Waals surface area (Å²) in [6.45, 7) is 3.15. The molecule has 13 heavy (non-hydrogen) atoms. The van der Waals surface area contributed by atoms with Crippen LogP contribution in [0, 0.1) is 0 Å². The molecule has 0 aliphatic rings. The van der Waals surface area contributed by atoms with E-state index in [9.17, 15) is 13.6 Å². The molecule has 0 aromatic carbocycles.